The van der Waals surface area contributed by atoms with E-state index in [4.69, 9.17) is 22.1 Å². The second-order valence-electron chi connectivity index (χ2n) is 9.54. The van der Waals surface area contributed by atoms with Gasteiger partial charge in [-0.1, -0.05) is 54.1 Å². The highest BCUT2D eigenvalue weighted by molar-refractivity contribution is 6.30. The molecule has 4 aromatic rings. The van der Waals surface area contributed by atoms with E-state index in [-0.39, 0.29) is 37.3 Å². The Morgan fingerprint density at radius 2 is 1.76 bits per heavy atom. The van der Waals surface area contributed by atoms with Crippen molar-refractivity contribution in [2.45, 2.75) is 18.6 Å². The number of carbonyl (C=O) groups excluding carboxylic acids is 1. The van der Waals surface area contributed by atoms with Gasteiger partial charge in [0.25, 0.3) is 0 Å². The Bertz CT molecular complexity index is 1420. The summed E-state index contributed by atoms with van der Waals surface area (Å²) in [5.41, 5.74) is 10.6. The fourth-order valence-electron chi connectivity index (χ4n) is 4.78. The van der Waals surface area contributed by atoms with Crippen LogP contribution in [0.15, 0.2) is 60.8 Å². The first-order chi connectivity index (χ1) is 18.9. The number of carbonyl (C=O) groups is 1. The van der Waals surface area contributed by atoms with Gasteiger partial charge in [0.05, 0.1) is 18.3 Å². The van der Waals surface area contributed by atoms with E-state index in [1.54, 1.807) is 18.3 Å². The number of rotatable bonds is 9. The van der Waals surface area contributed by atoms with Crippen molar-refractivity contribution in [3.8, 4) is 17.0 Å². The van der Waals surface area contributed by atoms with Crippen LogP contribution in [0.4, 0.5) is 5.69 Å². The molecule has 10 nitrogen and oxygen atoms in total. The second kappa shape index (κ2) is 14.7. The zero-order valence-electron chi connectivity index (χ0n) is 22.1. The third-order valence-electron chi connectivity index (χ3n) is 6.83. The van der Waals surface area contributed by atoms with Crippen molar-refractivity contribution in [2.75, 3.05) is 44.3 Å². The molecule has 1 aliphatic heterocycles. The molecule has 2 aromatic heterocycles. The first-order valence-electron chi connectivity index (χ1n) is 12.8. The van der Waals surface area contributed by atoms with Gasteiger partial charge in [0.15, 0.2) is 5.65 Å². The van der Waals surface area contributed by atoms with E-state index in [9.17, 15) is 15.0 Å². The van der Waals surface area contributed by atoms with Crippen LogP contribution < -0.4 is 15.4 Å². The molecule has 0 aliphatic carbocycles. The van der Waals surface area contributed by atoms with Crippen molar-refractivity contribution in [3.63, 3.8) is 0 Å². The van der Waals surface area contributed by atoms with E-state index in [0.29, 0.717) is 54.5 Å². The average molecular weight is 624 g/mol. The van der Waals surface area contributed by atoms with E-state index in [0.717, 1.165) is 22.4 Å². The summed E-state index contributed by atoms with van der Waals surface area (Å²) < 4.78 is 5.78. The van der Waals surface area contributed by atoms with Crippen LogP contribution in [0.25, 0.3) is 22.2 Å². The number of anilines is 1. The molecule has 3 heterocycles. The van der Waals surface area contributed by atoms with Gasteiger partial charge in [-0.2, -0.15) is 0 Å². The third-order valence-corrected chi connectivity index (χ3v) is 7.08. The molecule has 0 bridgehead atoms. The van der Waals surface area contributed by atoms with E-state index in [2.05, 4.69) is 20.1 Å². The number of aliphatic hydroxyl groups excluding tert-OH is 2. The molecule has 1 saturated heterocycles. The zero-order valence-corrected chi connectivity index (χ0v) is 24.5. The maximum Gasteiger partial charge on any atom is 0.244 e. The number of aromatic amines is 1. The van der Waals surface area contributed by atoms with Crippen molar-refractivity contribution in [3.05, 3.63) is 71.4 Å². The number of hydrogen-bond acceptors (Lipinski definition) is 8. The molecule has 1 fully saturated rings. The molecule has 2 unspecified atom stereocenters. The summed E-state index contributed by atoms with van der Waals surface area (Å²) in [4.78, 5) is 21.7. The number of ether oxygens (including phenoxy) is 1. The van der Waals surface area contributed by atoms with Crippen molar-refractivity contribution in [2.24, 2.45) is 5.73 Å². The Hall–Kier alpha value is -3.12. The van der Waals surface area contributed by atoms with Crippen LogP contribution in [0.2, 0.25) is 5.02 Å². The van der Waals surface area contributed by atoms with E-state index in [1.165, 1.54) is 0 Å². The van der Waals surface area contributed by atoms with Gasteiger partial charge in [0, 0.05) is 43.0 Å². The quantitative estimate of drug-likeness (QED) is 0.223. The van der Waals surface area contributed by atoms with Gasteiger partial charge in [-0.05, 0) is 29.7 Å². The molecule has 13 heteroatoms. The molecule has 2 aromatic carbocycles. The molecule has 0 spiro atoms. The number of aliphatic hydroxyl groups is 2. The molecule has 0 radical (unpaired) electrons. The van der Waals surface area contributed by atoms with E-state index in [1.807, 2.05) is 47.4 Å². The largest absolute Gasteiger partial charge is 0.473 e. The minimum absolute atomic E-state index is 0. The third kappa shape index (κ3) is 7.40. The van der Waals surface area contributed by atoms with E-state index >= 15 is 0 Å². The van der Waals surface area contributed by atoms with Crippen LogP contribution in [0.1, 0.15) is 5.56 Å². The summed E-state index contributed by atoms with van der Waals surface area (Å²) in [6, 6.07) is 16.6. The predicted octanol–water partition coefficient (Wildman–Crippen LogP) is 3.07. The molecule has 5 rings (SSSR count). The number of fused-ring (bicyclic) bond motifs is 1. The summed E-state index contributed by atoms with van der Waals surface area (Å²) in [6.07, 6.45) is 1.21. The SMILES string of the molecule is Cl.Cl.NC(Cc1ccc(Cl)cc1)C(=O)N1CCN(c2c(-c3ccccc3)cnc3[nH]nc(OCC(O)CO)c23)CC1. The fraction of sp³-hybridized carbons (Fsp3) is 0.321. The highest BCUT2D eigenvalue weighted by Crippen LogP contribution is 2.40. The standard InChI is InChI=1S/C28H31ClN6O4.2ClH/c29-20-8-6-18(7-9-20)14-23(30)28(38)35-12-10-34(11-13-35)25-22(19-4-2-1-3-5-19)15-31-26-24(25)27(33-32-26)39-17-21(37)16-36;;/h1-9,15,21,23,36-37H,10-14,16-17,30H2,(H,31,32,33);2*1H. The van der Waals surface area contributed by atoms with Gasteiger partial charge in [-0.3, -0.25) is 9.89 Å². The van der Waals surface area contributed by atoms with Gasteiger partial charge in [-0.25, -0.2) is 4.98 Å². The van der Waals surface area contributed by atoms with Gasteiger partial charge in [-0.15, -0.1) is 29.9 Å². The molecule has 1 aliphatic rings. The maximum absolute atomic E-state index is 13.2. The van der Waals surface area contributed by atoms with Crippen molar-refractivity contribution >= 4 is 59.0 Å². The highest BCUT2D eigenvalue weighted by atomic mass is 35.5. The van der Waals surface area contributed by atoms with Crippen molar-refractivity contribution in [1.82, 2.24) is 20.1 Å². The predicted molar refractivity (Wildman–Crippen MR) is 164 cm³/mol. The Labute approximate surface area is 255 Å². The molecule has 41 heavy (non-hydrogen) atoms. The number of halogens is 3. The van der Waals surface area contributed by atoms with Crippen LogP contribution in [0.3, 0.4) is 0 Å². The van der Waals surface area contributed by atoms with Gasteiger partial charge in [0.1, 0.15) is 18.1 Å². The lowest BCUT2D eigenvalue weighted by atomic mass is 10.0. The summed E-state index contributed by atoms with van der Waals surface area (Å²) in [6.45, 7) is 1.62. The Morgan fingerprint density at radius 3 is 2.41 bits per heavy atom. The smallest absolute Gasteiger partial charge is 0.244 e. The lowest BCUT2D eigenvalue weighted by Crippen LogP contribution is -2.53. The minimum atomic E-state index is -1.03. The second-order valence-corrected chi connectivity index (χ2v) is 9.97. The number of nitrogens with two attached hydrogens (primary N) is 1. The topological polar surface area (TPSA) is 141 Å². The number of H-pyrrole nitrogens is 1. The van der Waals surface area contributed by atoms with Crippen LogP contribution in [0.5, 0.6) is 5.88 Å². The number of nitrogens with zero attached hydrogens (tertiary/aromatic N) is 4. The lowest BCUT2D eigenvalue weighted by molar-refractivity contribution is -0.132. The molecule has 5 N–H and O–H groups in total. The minimum Gasteiger partial charge on any atom is -0.473 e. The summed E-state index contributed by atoms with van der Waals surface area (Å²) in [5, 5.41) is 27.5. The number of nitrogens with one attached hydrogen (secondary N) is 1. The van der Waals surface area contributed by atoms with Crippen LogP contribution in [0, 0.1) is 0 Å². The first kappa shape index (κ1) is 32.4. The molecule has 220 valence electrons. The molecule has 0 saturated carbocycles. The molecule has 2 atom stereocenters. The Balaban J connectivity index is 0.00000231. The number of benzene rings is 2. The number of hydrogen-bond donors (Lipinski definition) is 4. The summed E-state index contributed by atoms with van der Waals surface area (Å²) in [5.74, 6) is 0.208. The highest BCUT2D eigenvalue weighted by Gasteiger charge is 2.29. The number of amides is 1. The zero-order chi connectivity index (χ0) is 27.4. The number of piperazine rings is 1. The number of aromatic nitrogens is 3. The first-order valence-corrected chi connectivity index (χ1v) is 13.2. The van der Waals surface area contributed by atoms with Gasteiger partial charge < -0.3 is 30.5 Å². The van der Waals surface area contributed by atoms with Gasteiger partial charge in [0.2, 0.25) is 11.8 Å². The van der Waals surface area contributed by atoms with Crippen LogP contribution >= 0.6 is 36.4 Å². The van der Waals surface area contributed by atoms with Crippen molar-refractivity contribution < 1.29 is 19.7 Å². The monoisotopic (exact) mass is 622 g/mol. The summed E-state index contributed by atoms with van der Waals surface area (Å²) in [7, 11) is 0. The molecule has 1 amide bonds. The van der Waals surface area contributed by atoms with E-state index < -0.39 is 18.8 Å². The maximum atomic E-state index is 13.2. The summed E-state index contributed by atoms with van der Waals surface area (Å²) >= 11 is 5.97. The van der Waals surface area contributed by atoms with Crippen molar-refractivity contribution in [1.29, 1.82) is 0 Å². The molecular formula is C28H33Cl3N6O4. The number of pyridine rings is 1. The molecular weight excluding hydrogens is 591 g/mol. The fourth-order valence-corrected chi connectivity index (χ4v) is 4.91. The Morgan fingerprint density at radius 1 is 1.07 bits per heavy atom. The normalized spacial score (nSPS) is 14.6. The van der Waals surface area contributed by atoms with Gasteiger partial charge >= 0.3 is 0 Å². The van der Waals surface area contributed by atoms with Crippen LogP contribution in [-0.2, 0) is 11.2 Å². The average Bonchev–Trinajstić information content (AvgIpc) is 3.39. The lowest BCUT2D eigenvalue weighted by Gasteiger charge is -2.38. The van der Waals surface area contributed by atoms with Crippen LogP contribution in [-0.4, -0.2) is 87.7 Å². The Kier molecular flexibility index (Phi) is 11.6.